The maximum atomic E-state index is 13.3. The predicted octanol–water partition coefficient (Wildman–Crippen LogP) is 5.21. The van der Waals surface area contributed by atoms with Gasteiger partial charge in [0.1, 0.15) is 5.82 Å². The van der Waals surface area contributed by atoms with Crippen molar-refractivity contribution in [2.45, 2.75) is 19.3 Å². The minimum Gasteiger partial charge on any atom is -0.372 e. The first kappa shape index (κ1) is 18.9. The van der Waals surface area contributed by atoms with Gasteiger partial charge in [-0.15, -0.1) is 0 Å². The Balaban J connectivity index is 1.42. The van der Waals surface area contributed by atoms with Crippen molar-refractivity contribution in [3.8, 4) is 0 Å². The third kappa shape index (κ3) is 4.90. The summed E-state index contributed by atoms with van der Waals surface area (Å²) in [5, 5.41) is 5.96. The van der Waals surface area contributed by atoms with Gasteiger partial charge < -0.3 is 15.5 Å². The molecular formula is C23H23FN4O. The molecule has 2 N–H and O–H groups in total. The normalized spacial score (nSPS) is 13.8. The number of anilines is 4. The van der Waals surface area contributed by atoms with Gasteiger partial charge in [0.25, 0.3) is 5.91 Å². The maximum absolute atomic E-state index is 13.3. The number of rotatable bonds is 5. The van der Waals surface area contributed by atoms with Crippen LogP contribution in [0, 0.1) is 5.82 Å². The molecule has 3 aromatic rings. The van der Waals surface area contributed by atoms with Crippen LogP contribution in [0.4, 0.5) is 27.1 Å². The SMILES string of the molecule is O=C(Nc1cccc(F)c1)c1cncc(Nc2ccc(N3CCCCC3)cc2)c1. The van der Waals surface area contributed by atoms with Crippen molar-refractivity contribution >= 4 is 28.7 Å². The molecule has 1 saturated heterocycles. The number of hydrogen-bond donors (Lipinski definition) is 2. The molecule has 6 heteroatoms. The second-order valence-electron chi connectivity index (χ2n) is 7.15. The molecule has 0 unspecified atom stereocenters. The van der Waals surface area contributed by atoms with E-state index >= 15 is 0 Å². The van der Waals surface area contributed by atoms with Gasteiger partial charge in [-0.2, -0.15) is 0 Å². The van der Waals surface area contributed by atoms with Crippen LogP contribution in [0.1, 0.15) is 29.6 Å². The van der Waals surface area contributed by atoms with Crippen LogP contribution < -0.4 is 15.5 Å². The van der Waals surface area contributed by atoms with Crippen LogP contribution in [0.15, 0.2) is 67.0 Å². The molecule has 1 aromatic heterocycles. The first-order valence-corrected chi connectivity index (χ1v) is 9.81. The van der Waals surface area contributed by atoms with Crippen LogP contribution in [0.5, 0.6) is 0 Å². The number of benzene rings is 2. The number of amides is 1. The van der Waals surface area contributed by atoms with Crippen molar-refractivity contribution in [3.63, 3.8) is 0 Å². The van der Waals surface area contributed by atoms with Gasteiger partial charge in [0.15, 0.2) is 0 Å². The highest BCUT2D eigenvalue weighted by Crippen LogP contribution is 2.24. The van der Waals surface area contributed by atoms with Gasteiger partial charge >= 0.3 is 0 Å². The van der Waals surface area contributed by atoms with E-state index in [9.17, 15) is 9.18 Å². The van der Waals surface area contributed by atoms with Gasteiger partial charge in [-0.25, -0.2) is 4.39 Å². The molecule has 0 bridgehead atoms. The number of hydrogen-bond acceptors (Lipinski definition) is 4. The largest absolute Gasteiger partial charge is 0.372 e. The lowest BCUT2D eigenvalue weighted by molar-refractivity contribution is 0.102. The van der Waals surface area contributed by atoms with E-state index in [1.807, 2.05) is 12.1 Å². The molecule has 0 aliphatic carbocycles. The second-order valence-corrected chi connectivity index (χ2v) is 7.15. The molecule has 148 valence electrons. The molecule has 4 rings (SSSR count). The lowest BCUT2D eigenvalue weighted by Gasteiger charge is -2.28. The molecule has 0 atom stereocenters. The van der Waals surface area contributed by atoms with E-state index in [1.165, 1.54) is 43.3 Å². The molecule has 1 aliphatic rings. The summed E-state index contributed by atoms with van der Waals surface area (Å²) in [6.45, 7) is 2.22. The van der Waals surface area contributed by atoms with E-state index in [0.717, 1.165) is 18.8 Å². The zero-order valence-electron chi connectivity index (χ0n) is 16.1. The lowest BCUT2D eigenvalue weighted by atomic mass is 10.1. The number of carbonyl (C=O) groups excluding carboxylic acids is 1. The maximum Gasteiger partial charge on any atom is 0.257 e. The number of nitrogens with zero attached hydrogens (tertiary/aromatic N) is 2. The third-order valence-electron chi connectivity index (χ3n) is 4.96. The number of nitrogens with one attached hydrogen (secondary N) is 2. The van der Waals surface area contributed by atoms with Gasteiger partial charge in [-0.05, 0) is 67.8 Å². The summed E-state index contributed by atoms with van der Waals surface area (Å²) < 4.78 is 13.3. The van der Waals surface area contributed by atoms with Crippen LogP contribution in [0.3, 0.4) is 0 Å². The van der Waals surface area contributed by atoms with Crippen LogP contribution in [0.25, 0.3) is 0 Å². The van der Waals surface area contributed by atoms with E-state index in [-0.39, 0.29) is 5.91 Å². The minimum atomic E-state index is -0.399. The van der Waals surface area contributed by atoms with Crippen molar-refractivity contribution in [2.24, 2.45) is 0 Å². The fraction of sp³-hybridized carbons (Fsp3) is 0.217. The Morgan fingerprint density at radius 2 is 1.69 bits per heavy atom. The van der Waals surface area contributed by atoms with Gasteiger partial charge in [0.05, 0.1) is 17.4 Å². The van der Waals surface area contributed by atoms with Gasteiger partial charge in [-0.3, -0.25) is 9.78 Å². The van der Waals surface area contributed by atoms with Crippen LogP contribution >= 0.6 is 0 Å². The minimum absolute atomic E-state index is 0.341. The van der Waals surface area contributed by atoms with E-state index in [0.29, 0.717) is 16.9 Å². The molecule has 1 amide bonds. The summed E-state index contributed by atoms with van der Waals surface area (Å²) in [7, 11) is 0. The monoisotopic (exact) mass is 390 g/mol. The topological polar surface area (TPSA) is 57.3 Å². The molecule has 0 saturated carbocycles. The van der Waals surface area contributed by atoms with Gasteiger partial charge in [0.2, 0.25) is 0 Å². The Morgan fingerprint density at radius 3 is 2.45 bits per heavy atom. The number of piperidine rings is 1. The standard InChI is InChI=1S/C23H23FN4O/c24-18-5-4-6-20(14-18)27-23(29)17-13-21(16-25-15-17)26-19-7-9-22(10-8-19)28-11-2-1-3-12-28/h4-10,13-16,26H,1-3,11-12H2,(H,27,29). The predicted molar refractivity (Wildman–Crippen MR) is 114 cm³/mol. The smallest absolute Gasteiger partial charge is 0.257 e. The molecule has 29 heavy (non-hydrogen) atoms. The van der Waals surface area contributed by atoms with E-state index in [4.69, 9.17) is 0 Å². The zero-order chi connectivity index (χ0) is 20.1. The first-order valence-electron chi connectivity index (χ1n) is 9.81. The Bertz CT molecular complexity index is 984. The summed E-state index contributed by atoms with van der Waals surface area (Å²) >= 11 is 0. The van der Waals surface area contributed by atoms with Gasteiger partial charge in [-0.1, -0.05) is 6.07 Å². The Labute approximate surface area is 169 Å². The number of halogens is 1. The summed E-state index contributed by atoms with van der Waals surface area (Å²) in [6, 6.07) is 15.8. The Kier molecular flexibility index (Phi) is 5.70. The second kappa shape index (κ2) is 8.73. The number of pyridine rings is 1. The lowest BCUT2D eigenvalue weighted by Crippen LogP contribution is -2.29. The van der Waals surface area contributed by atoms with Crippen molar-refractivity contribution in [3.05, 3.63) is 78.4 Å². The first-order chi connectivity index (χ1) is 14.2. The summed E-state index contributed by atoms with van der Waals surface area (Å²) in [5.41, 5.74) is 3.67. The van der Waals surface area contributed by atoms with Crippen LogP contribution in [0.2, 0.25) is 0 Å². The Hall–Kier alpha value is -3.41. The van der Waals surface area contributed by atoms with Crippen molar-refractivity contribution in [2.75, 3.05) is 28.6 Å². The highest BCUT2D eigenvalue weighted by Gasteiger charge is 2.11. The average Bonchev–Trinajstić information content (AvgIpc) is 2.75. The van der Waals surface area contributed by atoms with E-state index in [2.05, 4.69) is 32.7 Å². The summed E-state index contributed by atoms with van der Waals surface area (Å²) in [5.74, 6) is -0.739. The molecule has 2 heterocycles. The molecule has 5 nitrogen and oxygen atoms in total. The fourth-order valence-electron chi connectivity index (χ4n) is 3.48. The highest BCUT2D eigenvalue weighted by atomic mass is 19.1. The highest BCUT2D eigenvalue weighted by molar-refractivity contribution is 6.04. The van der Waals surface area contributed by atoms with Gasteiger partial charge in [0, 0.05) is 36.3 Å². The molecule has 2 aromatic carbocycles. The molecular weight excluding hydrogens is 367 g/mol. The van der Waals surface area contributed by atoms with Crippen molar-refractivity contribution in [1.29, 1.82) is 0 Å². The van der Waals surface area contributed by atoms with Crippen LogP contribution in [-0.4, -0.2) is 24.0 Å². The van der Waals surface area contributed by atoms with E-state index in [1.54, 1.807) is 24.4 Å². The summed E-state index contributed by atoms with van der Waals surface area (Å²) in [4.78, 5) is 19.0. The zero-order valence-corrected chi connectivity index (χ0v) is 16.1. The van der Waals surface area contributed by atoms with Crippen molar-refractivity contribution < 1.29 is 9.18 Å². The summed E-state index contributed by atoms with van der Waals surface area (Å²) in [6.07, 6.45) is 6.95. The molecule has 0 radical (unpaired) electrons. The van der Waals surface area contributed by atoms with Crippen LogP contribution in [-0.2, 0) is 0 Å². The fourth-order valence-corrected chi connectivity index (χ4v) is 3.48. The van der Waals surface area contributed by atoms with Crippen molar-refractivity contribution in [1.82, 2.24) is 4.98 Å². The average molecular weight is 390 g/mol. The third-order valence-corrected chi connectivity index (χ3v) is 4.96. The molecule has 0 spiro atoms. The number of aromatic nitrogens is 1. The number of carbonyl (C=O) groups is 1. The quantitative estimate of drug-likeness (QED) is 0.628. The Morgan fingerprint density at radius 1 is 0.897 bits per heavy atom. The molecule has 1 aliphatic heterocycles. The molecule has 1 fully saturated rings. The van der Waals surface area contributed by atoms with E-state index < -0.39 is 5.82 Å².